The molecule has 4 aromatic rings. The van der Waals surface area contributed by atoms with Crippen molar-refractivity contribution in [3.63, 3.8) is 0 Å². The largest absolute Gasteiger partial charge is 0.422 e. The second-order valence-electron chi connectivity index (χ2n) is 8.12. The van der Waals surface area contributed by atoms with Crippen LogP contribution in [0.25, 0.3) is 22.2 Å². The Labute approximate surface area is 196 Å². The number of carbonyl (C=O) groups is 1. The molecule has 174 valence electrons. The van der Waals surface area contributed by atoms with Gasteiger partial charge in [-0.3, -0.25) is 4.79 Å². The molecule has 2 aromatic carbocycles. The summed E-state index contributed by atoms with van der Waals surface area (Å²) in [5, 5.41) is 16.5. The van der Waals surface area contributed by atoms with Gasteiger partial charge >= 0.3 is 5.69 Å². The fourth-order valence-electron chi connectivity index (χ4n) is 3.53. The highest BCUT2D eigenvalue weighted by Gasteiger charge is 2.11. The average molecular weight is 459 g/mol. The SMILES string of the molecule is CN(C)CCNC(=O)c1ccc(-c2cccc(CNc3nc(=O)n(O)c4ncccc34)c2)cc1. The summed E-state index contributed by atoms with van der Waals surface area (Å²) >= 11 is 0. The van der Waals surface area contributed by atoms with E-state index in [2.05, 4.69) is 20.6 Å². The molecule has 0 saturated heterocycles. The van der Waals surface area contributed by atoms with Crippen molar-refractivity contribution in [1.82, 2.24) is 24.9 Å². The summed E-state index contributed by atoms with van der Waals surface area (Å²) in [6.45, 7) is 1.80. The van der Waals surface area contributed by atoms with Crippen LogP contribution in [-0.4, -0.2) is 57.9 Å². The van der Waals surface area contributed by atoms with Gasteiger partial charge in [-0.15, -0.1) is 4.73 Å². The Balaban J connectivity index is 1.47. The zero-order chi connectivity index (χ0) is 24.1. The molecule has 0 aliphatic carbocycles. The third-order valence-corrected chi connectivity index (χ3v) is 5.34. The first-order valence-corrected chi connectivity index (χ1v) is 10.9. The van der Waals surface area contributed by atoms with Crippen molar-refractivity contribution < 1.29 is 10.0 Å². The number of hydrogen-bond donors (Lipinski definition) is 3. The molecule has 0 aliphatic heterocycles. The Bertz CT molecular complexity index is 1370. The van der Waals surface area contributed by atoms with Gasteiger partial charge in [0.15, 0.2) is 5.65 Å². The minimum atomic E-state index is -0.798. The Morgan fingerprint density at radius 2 is 1.85 bits per heavy atom. The molecule has 0 spiro atoms. The van der Waals surface area contributed by atoms with Crippen LogP contribution in [0.4, 0.5) is 5.82 Å². The van der Waals surface area contributed by atoms with E-state index in [1.807, 2.05) is 67.5 Å². The van der Waals surface area contributed by atoms with Crippen LogP contribution in [0.5, 0.6) is 0 Å². The molecule has 2 aromatic heterocycles. The Hall–Kier alpha value is -4.24. The number of benzene rings is 2. The van der Waals surface area contributed by atoms with E-state index >= 15 is 0 Å². The van der Waals surface area contributed by atoms with Gasteiger partial charge in [-0.1, -0.05) is 30.3 Å². The average Bonchev–Trinajstić information content (AvgIpc) is 2.85. The fraction of sp³-hybridized carbons (Fsp3) is 0.200. The van der Waals surface area contributed by atoms with Crippen LogP contribution in [0.2, 0.25) is 0 Å². The number of fused-ring (bicyclic) bond motifs is 1. The topological polar surface area (TPSA) is 112 Å². The first-order chi connectivity index (χ1) is 16.4. The lowest BCUT2D eigenvalue weighted by Gasteiger charge is -2.11. The highest BCUT2D eigenvalue weighted by Crippen LogP contribution is 2.22. The van der Waals surface area contributed by atoms with Gasteiger partial charge in [0.1, 0.15) is 5.82 Å². The molecule has 34 heavy (non-hydrogen) atoms. The number of amides is 1. The zero-order valence-electron chi connectivity index (χ0n) is 19.0. The number of pyridine rings is 1. The second-order valence-corrected chi connectivity index (χ2v) is 8.12. The molecule has 0 aliphatic rings. The third-order valence-electron chi connectivity index (χ3n) is 5.34. The molecule has 0 radical (unpaired) electrons. The number of anilines is 1. The van der Waals surface area contributed by atoms with Crippen LogP contribution in [0.3, 0.4) is 0 Å². The Morgan fingerprint density at radius 1 is 1.06 bits per heavy atom. The van der Waals surface area contributed by atoms with E-state index in [4.69, 9.17) is 0 Å². The zero-order valence-corrected chi connectivity index (χ0v) is 19.0. The summed E-state index contributed by atoms with van der Waals surface area (Å²) in [5.74, 6) is 0.263. The molecule has 0 fully saturated rings. The standard InChI is InChI=1S/C25H26N6O3/c1-30(2)14-13-27-24(32)19-10-8-18(9-11-19)20-6-3-5-17(15-20)16-28-22-21-7-4-12-26-23(21)31(34)25(33)29-22/h3-12,15,34H,13-14,16H2,1-2H3,(H,27,32)(H,28,29,33). The minimum absolute atomic E-state index is 0.0922. The highest BCUT2D eigenvalue weighted by atomic mass is 16.5. The van der Waals surface area contributed by atoms with Crippen LogP contribution >= 0.6 is 0 Å². The molecule has 4 rings (SSSR count). The quantitative estimate of drug-likeness (QED) is 0.348. The number of nitrogens with one attached hydrogen (secondary N) is 2. The second kappa shape index (κ2) is 10.1. The fourth-order valence-corrected chi connectivity index (χ4v) is 3.53. The van der Waals surface area contributed by atoms with Crippen molar-refractivity contribution in [2.45, 2.75) is 6.54 Å². The van der Waals surface area contributed by atoms with Crippen molar-refractivity contribution in [3.05, 3.63) is 88.5 Å². The monoisotopic (exact) mass is 458 g/mol. The maximum atomic E-state index is 12.3. The Morgan fingerprint density at radius 3 is 2.62 bits per heavy atom. The summed E-state index contributed by atoms with van der Waals surface area (Å²) in [4.78, 5) is 34.2. The number of carbonyl (C=O) groups excluding carboxylic acids is 1. The number of nitrogens with zero attached hydrogens (tertiary/aromatic N) is 4. The van der Waals surface area contributed by atoms with Gasteiger partial charge in [0.05, 0.1) is 5.39 Å². The highest BCUT2D eigenvalue weighted by molar-refractivity contribution is 5.94. The first-order valence-electron chi connectivity index (χ1n) is 10.9. The molecular weight excluding hydrogens is 432 g/mol. The van der Waals surface area contributed by atoms with Gasteiger partial charge in [0.2, 0.25) is 0 Å². The maximum Gasteiger partial charge on any atom is 0.384 e. The van der Waals surface area contributed by atoms with Gasteiger partial charge in [-0.25, -0.2) is 9.78 Å². The summed E-state index contributed by atoms with van der Waals surface area (Å²) in [7, 11) is 3.93. The van der Waals surface area contributed by atoms with E-state index in [1.54, 1.807) is 12.1 Å². The summed E-state index contributed by atoms with van der Waals surface area (Å²) < 4.78 is 0.438. The number of likely N-dealkylation sites (N-methyl/N-ethyl adjacent to an activating group) is 1. The van der Waals surface area contributed by atoms with Gasteiger partial charge in [-0.05, 0) is 61.1 Å². The molecule has 1 amide bonds. The molecule has 3 N–H and O–H groups in total. The first kappa shape index (κ1) is 22.9. The van der Waals surface area contributed by atoms with Crippen LogP contribution < -0.4 is 16.3 Å². The van der Waals surface area contributed by atoms with E-state index in [1.165, 1.54) is 6.20 Å². The van der Waals surface area contributed by atoms with E-state index in [0.29, 0.717) is 34.6 Å². The molecule has 0 saturated carbocycles. The summed E-state index contributed by atoms with van der Waals surface area (Å²) in [5.41, 5.74) is 2.94. The molecule has 9 nitrogen and oxygen atoms in total. The molecule has 0 unspecified atom stereocenters. The Kier molecular flexibility index (Phi) is 6.84. The van der Waals surface area contributed by atoms with Crippen molar-refractivity contribution in [2.75, 3.05) is 32.5 Å². The summed E-state index contributed by atoms with van der Waals surface area (Å²) in [6, 6.07) is 18.9. The van der Waals surface area contributed by atoms with Crippen molar-refractivity contribution >= 4 is 22.8 Å². The molecule has 0 bridgehead atoms. The van der Waals surface area contributed by atoms with E-state index in [9.17, 15) is 14.8 Å². The number of hydrogen-bond acceptors (Lipinski definition) is 7. The van der Waals surface area contributed by atoms with Gasteiger partial charge < -0.3 is 20.7 Å². The third kappa shape index (κ3) is 5.21. The molecular formula is C25H26N6O3. The maximum absolute atomic E-state index is 12.3. The predicted molar refractivity (Wildman–Crippen MR) is 131 cm³/mol. The lowest BCUT2D eigenvalue weighted by molar-refractivity contribution is 0.0951. The lowest BCUT2D eigenvalue weighted by atomic mass is 10.0. The van der Waals surface area contributed by atoms with E-state index < -0.39 is 5.69 Å². The predicted octanol–water partition coefficient (Wildman–Crippen LogP) is 2.60. The van der Waals surface area contributed by atoms with Gasteiger partial charge in [-0.2, -0.15) is 4.98 Å². The number of aromatic nitrogens is 3. The van der Waals surface area contributed by atoms with Crippen molar-refractivity contribution in [3.8, 4) is 11.1 Å². The van der Waals surface area contributed by atoms with Crippen LogP contribution in [0.15, 0.2) is 71.7 Å². The lowest BCUT2D eigenvalue weighted by Crippen LogP contribution is -2.31. The normalized spacial score (nSPS) is 11.0. The molecule has 0 atom stereocenters. The summed E-state index contributed by atoms with van der Waals surface area (Å²) in [6.07, 6.45) is 1.50. The minimum Gasteiger partial charge on any atom is -0.422 e. The van der Waals surface area contributed by atoms with Crippen LogP contribution in [0, 0.1) is 0 Å². The van der Waals surface area contributed by atoms with Crippen LogP contribution in [-0.2, 0) is 6.54 Å². The van der Waals surface area contributed by atoms with Gasteiger partial charge in [0, 0.05) is 31.4 Å². The van der Waals surface area contributed by atoms with Crippen LogP contribution in [0.1, 0.15) is 15.9 Å². The number of rotatable bonds is 8. The van der Waals surface area contributed by atoms with Gasteiger partial charge in [0.25, 0.3) is 5.91 Å². The van der Waals surface area contributed by atoms with E-state index in [0.717, 1.165) is 23.2 Å². The van der Waals surface area contributed by atoms with E-state index in [-0.39, 0.29) is 11.6 Å². The van der Waals surface area contributed by atoms with Crippen molar-refractivity contribution in [1.29, 1.82) is 0 Å². The van der Waals surface area contributed by atoms with Crippen molar-refractivity contribution in [2.24, 2.45) is 0 Å². The molecule has 9 heteroatoms. The molecule has 2 heterocycles. The smallest absolute Gasteiger partial charge is 0.384 e.